The molecular formula is C13H24F3NO2. The first-order valence-electron chi connectivity index (χ1n) is 6.88. The molecule has 0 aliphatic heterocycles. The van der Waals surface area contributed by atoms with Gasteiger partial charge in [0.2, 0.25) is 0 Å². The lowest BCUT2D eigenvalue weighted by atomic mass is 9.86. The van der Waals surface area contributed by atoms with Crippen LogP contribution in [-0.2, 0) is 4.74 Å². The summed E-state index contributed by atoms with van der Waals surface area (Å²) in [6.45, 7) is 0.0161. The van der Waals surface area contributed by atoms with Gasteiger partial charge in [-0.2, -0.15) is 13.2 Å². The van der Waals surface area contributed by atoms with E-state index in [-0.39, 0.29) is 13.2 Å². The van der Waals surface area contributed by atoms with Crippen molar-refractivity contribution in [3.63, 3.8) is 0 Å². The summed E-state index contributed by atoms with van der Waals surface area (Å²) < 4.78 is 40.1. The predicted molar refractivity (Wildman–Crippen MR) is 67.0 cm³/mol. The Hall–Kier alpha value is -0.330. The SMILES string of the molecule is CN(CCCOCC(F)(F)F)C1CCC(CO)CC1. The van der Waals surface area contributed by atoms with Crippen molar-refractivity contribution in [2.75, 3.05) is 33.4 Å². The Balaban J connectivity index is 2.06. The molecule has 1 aliphatic carbocycles. The summed E-state index contributed by atoms with van der Waals surface area (Å²) >= 11 is 0. The standard InChI is InChI=1S/C13H24F3NO2/c1-17(7-2-8-19-10-13(14,15)16)12-5-3-11(9-18)4-6-12/h11-12,18H,2-10H2,1H3. The van der Waals surface area contributed by atoms with Gasteiger partial charge < -0.3 is 14.7 Å². The van der Waals surface area contributed by atoms with Crippen molar-refractivity contribution < 1.29 is 23.0 Å². The average molecular weight is 283 g/mol. The first-order valence-corrected chi connectivity index (χ1v) is 6.88. The van der Waals surface area contributed by atoms with E-state index in [1.807, 2.05) is 7.05 Å². The molecule has 114 valence electrons. The van der Waals surface area contributed by atoms with Crippen LogP contribution in [0.2, 0.25) is 0 Å². The van der Waals surface area contributed by atoms with E-state index in [1.165, 1.54) is 0 Å². The lowest BCUT2D eigenvalue weighted by Crippen LogP contribution is -2.36. The zero-order chi connectivity index (χ0) is 14.3. The average Bonchev–Trinajstić information content (AvgIpc) is 2.37. The van der Waals surface area contributed by atoms with Gasteiger partial charge in [0.1, 0.15) is 6.61 Å². The smallest absolute Gasteiger partial charge is 0.396 e. The van der Waals surface area contributed by atoms with Crippen LogP contribution in [0.3, 0.4) is 0 Å². The van der Waals surface area contributed by atoms with Crippen molar-refractivity contribution in [3.8, 4) is 0 Å². The molecule has 0 aromatic heterocycles. The van der Waals surface area contributed by atoms with Gasteiger partial charge in [0.15, 0.2) is 0 Å². The minimum Gasteiger partial charge on any atom is -0.396 e. The number of rotatable bonds is 7. The third-order valence-corrected chi connectivity index (χ3v) is 3.76. The molecule has 1 N–H and O–H groups in total. The molecule has 0 unspecified atom stereocenters. The van der Waals surface area contributed by atoms with E-state index in [0.29, 0.717) is 18.4 Å². The zero-order valence-corrected chi connectivity index (χ0v) is 11.5. The van der Waals surface area contributed by atoms with Gasteiger partial charge in [-0.3, -0.25) is 0 Å². The van der Waals surface area contributed by atoms with E-state index in [2.05, 4.69) is 9.64 Å². The molecule has 0 bridgehead atoms. The van der Waals surface area contributed by atoms with Crippen molar-refractivity contribution in [2.24, 2.45) is 5.92 Å². The first kappa shape index (κ1) is 16.7. The molecular weight excluding hydrogens is 259 g/mol. The van der Waals surface area contributed by atoms with Crippen LogP contribution in [-0.4, -0.2) is 55.6 Å². The zero-order valence-electron chi connectivity index (χ0n) is 11.5. The molecule has 0 aromatic carbocycles. The first-order chi connectivity index (χ1) is 8.92. The van der Waals surface area contributed by atoms with Crippen LogP contribution in [0.4, 0.5) is 13.2 Å². The van der Waals surface area contributed by atoms with Crippen molar-refractivity contribution in [1.82, 2.24) is 4.90 Å². The maximum Gasteiger partial charge on any atom is 0.411 e. The third-order valence-electron chi connectivity index (χ3n) is 3.76. The van der Waals surface area contributed by atoms with Gasteiger partial charge in [0.05, 0.1) is 0 Å². The summed E-state index contributed by atoms with van der Waals surface area (Å²) in [4.78, 5) is 2.20. The summed E-state index contributed by atoms with van der Waals surface area (Å²) in [5.74, 6) is 0.430. The normalized spacial score (nSPS) is 24.9. The fraction of sp³-hybridized carbons (Fsp3) is 1.00. The van der Waals surface area contributed by atoms with Gasteiger partial charge in [0, 0.05) is 25.8 Å². The highest BCUT2D eigenvalue weighted by atomic mass is 19.4. The Morgan fingerprint density at radius 1 is 1.21 bits per heavy atom. The van der Waals surface area contributed by atoms with Crippen LogP contribution >= 0.6 is 0 Å². The van der Waals surface area contributed by atoms with Gasteiger partial charge in [-0.1, -0.05) is 0 Å². The third kappa shape index (κ3) is 7.13. The Bertz CT molecular complexity index is 241. The number of hydrogen-bond acceptors (Lipinski definition) is 3. The van der Waals surface area contributed by atoms with Gasteiger partial charge in [-0.15, -0.1) is 0 Å². The second-order valence-corrected chi connectivity index (χ2v) is 5.36. The molecule has 0 aromatic rings. The summed E-state index contributed by atoms with van der Waals surface area (Å²) in [7, 11) is 2.01. The van der Waals surface area contributed by atoms with Gasteiger partial charge in [-0.05, 0) is 45.1 Å². The quantitative estimate of drug-likeness (QED) is 0.728. The molecule has 1 saturated carbocycles. The van der Waals surface area contributed by atoms with Gasteiger partial charge in [0.25, 0.3) is 0 Å². The fourth-order valence-corrected chi connectivity index (χ4v) is 2.55. The summed E-state index contributed by atoms with van der Waals surface area (Å²) in [6.07, 6.45) is 0.587. The molecule has 0 atom stereocenters. The largest absolute Gasteiger partial charge is 0.411 e. The second-order valence-electron chi connectivity index (χ2n) is 5.36. The Labute approximate surface area is 112 Å². The maximum absolute atomic E-state index is 11.8. The van der Waals surface area contributed by atoms with Crippen molar-refractivity contribution in [1.29, 1.82) is 0 Å². The maximum atomic E-state index is 11.8. The molecule has 6 heteroatoms. The molecule has 1 fully saturated rings. The molecule has 0 amide bonds. The fourth-order valence-electron chi connectivity index (χ4n) is 2.55. The summed E-state index contributed by atoms with van der Waals surface area (Å²) in [5.41, 5.74) is 0. The van der Waals surface area contributed by atoms with Crippen molar-refractivity contribution in [2.45, 2.75) is 44.3 Å². The molecule has 0 radical (unpaired) electrons. The number of hydrogen-bond donors (Lipinski definition) is 1. The van der Waals surface area contributed by atoms with Gasteiger partial charge >= 0.3 is 6.18 Å². The second kappa shape index (κ2) is 8.07. The Morgan fingerprint density at radius 2 is 1.84 bits per heavy atom. The summed E-state index contributed by atoms with van der Waals surface area (Å²) in [6, 6.07) is 0.491. The lowest BCUT2D eigenvalue weighted by Gasteiger charge is -2.34. The number of ether oxygens (including phenoxy) is 1. The van der Waals surface area contributed by atoms with E-state index in [4.69, 9.17) is 5.11 Å². The molecule has 0 saturated heterocycles. The Morgan fingerprint density at radius 3 is 2.37 bits per heavy atom. The molecule has 0 heterocycles. The minimum atomic E-state index is -4.23. The monoisotopic (exact) mass is 283 g/mol. The highest BCUT2D eigenvalue weighted by Crippen LogP contribution is 2.26. The van der Waals surface area contributed by atoms with Crippen molar-refractivity contribution in [3.05, 3.63) is 0 Å². The topological polar surface area (TPSA) is 32.7 Å². The van der Waals surface area contributed by atoms with E-state index in [0.717, 1.165) is 32.2 Å². The minimum absolute atomic E-state index is 0.149. The van der Waals surface area contributed by atoms with Crippen LogP contribution in [0.1, 0.15) is 32.1 Å². The number of halogens is 3. The van der Waals surface area contributed by atoms with E-state index < -0.39 is 12.8 Å². The van der Waals surface area contributed by atoms with Gasteiger partial charge in [-0.25, -0.2) is 0 Å². The van der Waals surface area contributed by atoms with Crippen LogP contribution in [0, 0.1) is 5.92 Å². The van der Waals surface area contributed by atoms with E-state index in [9.17, 15) is 13.2 Å². The van der Waals surface area contributed by atoms with Crippen LogP contribution < -0.4 is 0 Å². The van der Waals surface area contributed by atoms with Crippen LogP contribution in [0.15, 0.2) is 0 Å². The molecule has 0 spiro atoms. The predicted octanol–water partition coefficient (Wildman–Crippen LogP) is 2.44. The lowest BCUT2D eigenvalue weighted by molar-refractivity contribution is -0.174. The van der Waals surface area contributed by atoms with E-state index >= 15 is 0 Å². The van der Waals surface area contributed by atoms with Crippen LogP contribution in [0.5, 0.6) is 0 Å². The number of alkyl halides is 3. The highest BCUT2D eigenvalue weighted by Gasteiger charge is 2.27. The number of aliphatic hydroxyl groups excluding tert-OH is 1. The number of aliphatic hydroxyl groups is 1. The molecule has 19 heavy (non-hydrogen) atoms. The Kier molecular flexibility index (Phi) is 7.10. The summed E-state index contributed by atoms with van der Waals surface area (Å²) in [5, 5.41) is 9.06. The highest BCUT2D eigenvalue weighted by molar-refractivity contribution is 4.77. The van der Waals surface area contributed by atoms with Crippen molar-refractivity contribution >= 4 is 0 Å². The van der Waals surface area contributed by atoms with Crippen LogP contribution in [0.25, 0.3) is 0 Å². The molecule has 3 nitrogen and oxygen atoms in total. The van der Waals surface area contributed by atoms with E-state index in [1.54, 1.807) is 0 Å². The molecule has 1 rings (SSSR count). The molecule has 1 aliphatic rings. The number of nitrogens with zero attached hydrogens (tertiary/aromatic N) is 1.